The first-order chi connectivity index (χ1) is 10.2. The van der Waals surface area contributed by atoms with E-state index in [1.807, 2.05) is 42.3 Å². The van der Waals surface area contributed by atoms with Gasteiger partial charge in [-0.25, -0.2) is 0 Å². The highest BCUT2D eigenvalue weighted by Crippen LogP contribution is 2.15. The number of carbonyl (C=O) groups is 1. The van der Waals surface area contributed by atoms with Crippen LogP contribution in [-0.4, -0.2) is 41.7 Å². The van der Waals surface area contributed by atoms with Crippen molar-refractivity contribution in [3.63, 3.8) is 0 Å². The molecule has 2 aromatic rings. The molecule has 0 saturated heterocycles. The minimum Gasteiger partial charge on any atom is -0.469 e. The molecule has 0 N–H and O–H groups in total. The number of hydrogen-bond acceptors (Lipinski definition) is 6. The Morgan fingerprint density at radius 1 is 1.33 bits per heavy atom. The number of benzene rings is 1. The Labute approximate surface area is 123 Å². The van der Waals surface area contributed by atoms with E-state index in [2.05, 4.69) is 14.9 Å². The third-order valence-corrected chi connectivity index (χ3v) is 3.05. The Morgan fingerprint density at radius 2 is 2.10 bits per heavy atom. The molecule has 0 atom stereocenters. The van der Waals surface area contributed by atoms with Gasteiger partial charge < -0.3 is 9.26 Å². The summed E-state index contributed by atoms with van der Waals surface area (Å²) in [5.74, 6) is 0.968. The number of rotatable bonds is 7. The van der Waals surface area contributed by atoms with Gasteiger partial charge in [0, 0.05) is 12.0 Å². The van der Waals surface area contributed by atoms with Crippen molar-refractivity contribution in [2.45, 2.75) is 19.4 Å². The summed E-state index contributed by atoms with van der Waals surface area (Å²) in [6, 6.07) is 9.69. The minimum absolute atomic E-state index is 0.187. The van der Waals surface area contributed by atoms with Crippen LogP contribution in [0.25, 0.3) is 11.4 Å². The highest BCUT2D eigenvalue weighted by atomic mass is 16.5. The standard InChI is InChI=1S/C15H19N3O3/c1-18(10-6-9-14(19)20-2)11-13-16-15(17-21-13)12-7-4-3-5-8-12/h3-5,7-8H,6,9-11H2,1-2H3. The molecule has 21 heavy (non-hydrogen) atoms. The van der Waals surface area contributed by atoms with Gasteiger partial charge in [0.25, 0.3) is 0 Å². The van der Waals surface area contributed by atoms with Crippen LogP contribution in [0.4, 0.5) is 0 Å². The highest BCUT2D eigenvalue weighted by molar-refractivity contribution is 5.69. The summed E-state index contributed by atoms with van der Waals surface area (Å²) in [6.45, 7) is 1.32. The molecule has 6 nitrogen and oxygen atoms in total. The molecule has 2 rings (SSSR count). The second kappa shape index (κ2) is 7.54. The molecule has 0 spiro atoms. The Hall–Kier alpha value is -2.21. The Bertz CT molecular complexity index is 569. The molecular formula is C15H19N3O3. The van der Waals surface area contributed by atoms with E-state index in [0.717, 1.165) is 18.5 Å². The second-order valence-corrected chi connectivity index (χ2v) is 4.80. The highest BCUT2D eigenvalue weighted by Gasteiger charge is 2.10. The lowest BCUT2D eigenvalue weighted by Gasteiger charge is -2.12. The Morgan fingerprint density at radius 3 is 2.81 bits per heavy atom. The minimum atomic E-state index is -0.187. The van der Waals surface area contributed by atoms with Crippen LogP contribution in [0.2, 0.25) is 0 Å². The van der Waals surface area contributed by atoms with E-state index in [4.69, 9.17) is 4.52 Å². The van der Waals surface area contributed by atoms with E-state index in [0.29, 0.717) is 24.7 Å². The van der Waals surface area contributed by atoms with Gasteiger partial charge in [-0.3, -0.25) is 9.69 Å². The van der Waals surface area contributed by atoms with Gasteiger partial charge in [0.15, 0.2) is 0 Å². The Kier molecular flexibility index (Phi) is 5.45. The molecule has 0 fully saturated rings. The SMILES string of the molecule is COC(=O)CCCN(C)Cc1nc(-c2ccccc2)no1. The first-order valence-electron chi connectivity index (χ1n) is 6.82. The molecule has 0 aliphatic carbocycles. The van der Waals surface area contributed by atoms with E-state index >= 15 is 0 Å². The van der Waals surface area contributed by atoms with E-state index in [9.17, 15) is 4.79 Å². The van der Waals surface area contributed by atoms with Crippen molar-refractivity contribution in [2.75, 3.05) is 20.7 Å². The number of esters is 1. The van der Waals surface area contributed by atoms with Crippen LogP contribution in [0, 0.1) is 0 Å². The number of carbonyl (C=O) groups excluding carboxylic acids is 1. The van der Waals surface area contributed by atoms with Gasteiger partial charge in [-0.05, 0) is 20.0 Å². The maximum atomic E-state index is 11.0. The van der Waals surface area contributed by atoms with Crippen LogP contribution < -0.4 is 0 Å². The maximum absolute atomic E-state index is 11.0. The van der Waals surface area contributed by atoms with Crippen LogP contribution >= 0.6 is 0 Å². The third-order valence-electron chi connectivity index (χ3n) is 3.05. The second-order valence-electron chi connectivity index (χ2n) is 4.80. The topological polar surface area (TPSA) is 68.5 Å². The van der Waals surface area contributed by atoms with Crippen LogP contribution in [-0.2, 0) is 16.1 Å². The molecule has 0 bridgehead atoms. The summed E-state index contributed by atoms with van der Waals surface area (Å²) < 4.78 is 9.85. The predicted molar refractivity (Wildman–Crippen MR) is 77.3 cm³/mol. The average molecular weight is 289 g/mol. The quantitative estimate of drug-likeness (QED) is 0.727. The molecular weight excluding hydrogens is 270 g/mol. The smallest absolute Gasteiger partial charge is 0.305 e. The van der Waals surface area contributed by atoms with E-state index in [1.54, 1.807) is 0 Å². The van der Waals surface area contributed by atoms with Gasteiger partial charge in [-0.2, -0.15) is 4.98 Å². The van der Waals surface area contributed by atoms with Crippen LogP contribution in [0.15, 0.2) is 34.9 Å². The predicted octanol–water partition coefficient (Wildman–Crippen LogP) is 2.12. The summed E-state index contributed by atoms with van der Waals surface area (Å²) in [5.41, 5.74) is 0.931. The average Bonchev–Trinajstić information content (AvgIpc) is 2.96. The zero-order valence-corrected chi connectivity index (χ0v) is 12.3. The summed E-state index contributed by atoms with van der Waals surface area (Å²) in [5, 5.41) is 3.97. The fraction of sp³-hybridized carbons (Fsp3) is 0.400. The lowest BCUT2D eigenvalue weighted by atomic mass is 10.2. The van der Waals surface area contributed by atoms with E-state index in [-0.39, 0.29) is 5.97 Å². The zero-order chi connectivity index (χ0) is 15.1. The number of nitrogens with zero attached hydrogens (tertiary/aromatic N) is 3. The summed E-state index contributed by atoms with van der Waals surface area (Å²) in [7, 11) is 3.35. The lowest BCUT2D eigenvalue weighted by molar-refractivity contribution is -0.140. The number of aromatic nitrogens is 2. The molecule has 1 aromatic heterocycles. The molecule has 1 heterocycles. The number of ether oxygens (including phenoxy) is 1. The molecule has 0 aliphatic heterocycles. The number of hydrogen-bond donors (Lipinski definition) is 0. The first kappa shape index (κ1) is 15.2. The molecule has 0 unspecified atom stereocenters. The van der Waals surface area contributed by atoms with Gasteiger partial charge >= 0.3 is 5.97 Å². The summed E-state index contributed by atoms with van der Waals surface area (Å²) in [6.07, 6.45) is 1.16. The van der Waals surface area contributed by atoms with Crippen molar-refractivity contribution in [1.29, 1.82) is 0 Å². The normalized spacial score (nSPS) is 10.8. The molecule has 0 radical (unpaired) electrons. The van der Waals surface area contributed by atoms with E-state index in [1.165, 1.54) is 7.11 Å². The summed E-state index contributed by atoms with van der Waals surface area (Å²) in [4.78, 5) is 17.4. The monoisotopic (exact) mass is 289 g/mol. The zero-order valence-electron chi connectivity index (χ0n) is 12.3. The molecule has 0 saturated carbocycles. The molecule has 0 aliphatic rings. The summed E-state index contributed by atoms with van der Waals surface area (Å²) >= 11 is 0. The van der Waals surface area contributed by atoms with Crippen LogP contribution in [0.3, 0.4) is 0 Å². The van der Waals surface area contributed by atoms with Gasteiger partial charge in [0.2, 0.25) is 11.7 Å². The fourth-order valence-corrected chi connectivity index (χ4v) is 1.93. The fourth-order valence-electron chi connectivity index (χ4n) is 1.93. The van der Waals surface area contributed by atoms with Crippen molar-refractivity contribution >= 4 is 5.97 Å². The molecule has 0 amide bonds. The van der Waals surface area contributed by atoms with Crippen LogP contribution in [0.5, 0.6) is 0 Å². The van der Waals surface area contributed by atoms with Gasteiger partial charge in [-0.1, -0.05) is 35.5 Å². The largest absolute Gasteiger partial charge is 0.469 e. The number of methoxy groups -OCH3 is 1. The van der Waals surface area contributed by atoms with Gasteiger partial charge in [0.1, 0.15) is 0 Å². The van der Waals surface area contributed by atoms with Crippen molar-refractivity contribution in [2.24, 2.45) is 0 Å². The van der Waals surface area contributed by atoms with Crippen LogP contribution in [0.1, 0.15) is 18.7 Å². The van der Waals surface area contributed by atoms with Crippen molar-refractivity contribution < 1.29 is 14.1 Å². The molecule has 1 aromatic carbocycles. The van der Waals surface area contributed by atoms with Crippen molar-refractivity contribution in [1.82, 2.24) is 15.0 Å². The van der Waals surface area contributed by atoms with Crippen molar-refractivity contribution in [3.05, 3.63) is 36.2 Å². The van der Waals surface area contributed by atoms with Crippen molar-refractivity contribution in [3.8, 4) is 11.4 Å². The Balaban J connectivity index is 1.83. The molecule has 112 valence electrons. The maximum Gasteiger partial charge on any atom is 0.305 e. The van der Waals surface area contributed by atoms with Gasteiger partial charge in [-0.15, -0.1) is 0 Å². The third kappa shape index (κ3) is 4.68. The first-order valence-corrected chi connectivity index (χ1v) is 6.82. The van der Waals surface area contributed by atoms with Gasteiger partial charge in [0.05, 0.1) is 13.7 Å². The molecule has 6 heteroatoms. The lowest BCUT2D eigenvalue weighted by Crippen LogP contribution is -2.20. The van der Waals surface area contributed by atoms with E-state index < -0.39 is 0 Å².